The number of hydrogen-bond donors (Lipinski definition) is 3. The van der Waals surface area contributed by atoms with E-state index in [1.54, 1.807) is 30.3 Å². The van der Waals surface area contributed by atoms with Crippen LogP contribution in [0.4, 0.5) is 10.2 Å². The van der Waals surface area contributed by atoms with Crippen molar-refractivity contribution in [2.24, 2.45) is 0 Å². The van der Waals surface area contributed by atoms with Gasteiger partial charge < -0.3 is 21.1 Å². The summed E-state index contributed by atoms with van der Waals surface area (Å²) >= 11 is 0. The number of halogens is 1. The Morgan fingerprint density at radius 3 is 2.72 bits per heavy atom. The highest BCUT2D eigenvalue weighted by Gasteiger charge is 2.32. The first-order chi connectivity index (χ1) is 13.9. The van der Waals surface area contributed by atoms with E-state index in [1.807, 2.05) is 0 Å². The number of hydrogen-bond acceptors (Lipinski definition) is 5. The van der Waals surface area contributed by atoms with Crippen molar-refractivity contribution in [3.8, 4) is 0 Å². The van der Waals surface area contributed by atoms with Gasteiger partial charge in [0.2, 0.25) is 5.91 Å². The van der Waals surface area contributed by atoms with Crippen molar-refractivity contribution in [3.05, 3.63) is 59.5 Å². The van der Waals surface area contributed by atoms with E-state index in [0.717, 1.165) is 0 Å². The normalized spacial score (nSPS) is 21.4. The summed E-state index contributed by atoms with van der Waals surface area (Å²) in [6, 6.07) is 9.55. The van der Waals surface area contributed by atoms with Crippen LogP contribution in [-0.2, 0) is 9.53 Å². The van der Waals surface area contributed by atoms with E-state index in [4.69, 9.17) is 10.5 Å². The molecule has 0 radical (unpaired) electrons. The highest BCUT2D eigenvalue weighted by molar-refractivity contribution is 5.93. The van der Waals surface area contributed by atoms with Crippen LogP contribution >= 0.6 is 0 Å². The van der Waals surface area contributed by atoms with Gasteiger partial charge in [-0.05, 0) is 37.5 Å². The van der Waals surface area contributed by atoms with Gasteiger partial charge >= 0.3 is 0 Å². The monoisotopic (exact) mass is 400 g/mol. The van der Waals surface area contributed by atoms with Gasteiger partial charge in [-0.2, -0.15) is 0 Å². The van der Waals surface area contributed by atoms with Crippen LogP contribution in [0.15, 0.2) is 42.6 Å². The molecule has 1 aliphatic rings. The summed E-state index contributed by atoms with van der Waals surface area (Å²) in [6.45, 7) is 1.84. The summed E-state index contributed by atoms with van der Waals surface area (Å²) in [6.07, 6.45) is 2.38. The molecule has 0 aliphatic carbocycles. The number of pyridine rings is 1. The van der Waals surface area contributed by atoms with Gasteiger partial charge in [0.1, 0.15) is 11.6 Å². The predicted molar refractivity (Wildman–Crippen MR) is 106 cm³/mol. The highest BCUT2D eigenvalue weighted by atomic mass is 19.1. The van der Waals surface area contributed by atoms with Crippen LogP contribution in [0.2, 0.25) is 0 Å². The number of benzene rings is 1. The minimum atomic E-state index is -0.455. The number of carbonyl (C=O) groups is 2. The molecular formula is C21H25FN4O3. The molecule has 29 heavy (non-hydrogen) atoms. The molecule has 8 heteroatoms. The number of amides is 2. The van der Waals surface area contributed by atoms with Crippen LogP contribution in [0.3, 0.4) is 0 Å². The molecule has 2 aromatic rings. The third-order valence-electron chi connectivity index (χ3n) is 4.86. The van der Waals surface area contributed by atoms with E-state index in [0.29, 0.717) is 42.8 Å². The molecule has 1 aromatic heterocycles. The second kappa shape index (κ2) is 9.47. The molecule has 7 nitrogen and oxygen atoms in total. The summed E-state index contributed by atoms with van der Waals surface area (Å²) in [4.78, 5) is 27.6. The quantitative estimate of drug-likeness (QED) is 0.690. The maximum Gasteiger partial charge on any atom is 0.252 e. The Morgan fingerprint density at radius 2 is 2.03 bits per heavy atom. The molecule has 0 spiro atoms. The first-order valence-corrected chi connectivity index (χ1v) is 9.59. The Hall–Kier alpha value is -3.00. The van der Waals surface area contributed by atoms with Crippen molar-refractivity contribution in [1.29, 1.82) is 0 Å². The highest BCUT2D eigenvalue weighted by Crippen LogP contribution is 2.33. The van der Waals surface area contributed by atoms with Gasteiger partial charge in [0.05, 0.1) is 17.8 Å². The van der Waals surface area contributed by atoms with E-state index in [-0.39, 0.29) is 29.8 Å². The number of anilines is 1. The van der Waals surface area contributed by atoms with Crippen LogP contribution in [0.25, 0.3) is 0 Å². The number of nitrogens with two attached hydrogens (primary N) is 1. The summed E-state index contributed by atoms with van der Waals surface area (Å²) in [5, 5.41) is 5.74. The fraction of sp³-hybridized carbons (Fsp3) is 0.381. The van der Waals surface area contributed by atoms with E-state index in [2.05, 4.69) is 15.6 Å². The number of nitrogen functional groups attached to an aromatic ring is 1. The fourth-order valence-electron chi connectivity index (χ4n) is 3.53. The molecule has 3 rings (SSSR count). The Labute approximate surface area is 168 Å². The van der Waals surface area contributed by atoms with Crippen LogP contribution in [0.1, 0.15) is 48.2 Å². The van der Waals surface area contributed by atoms with E-state index in [9.17, 15) is 14.0 Å². The lowest BCUT2D eigenvalue weighted by molar-refractivity contribution is -0.122. The average Bonchev–Trinajstić information content (AvgIpc) is 2.68. The number of carbonyl (C=O) groups excluding carboxylic acids is 2. The molecule has 0 bridgehead atoms. The Morgan fingerprint density at radius 1 is 1.24 bits per heavy atom. The standard InChI is InChI=1S/C21H25FN4O3/c1-13(27)26-15-10-16(29-19(11-15)17-4-2-3-5-18(17)22)8-9-24-21(28)14-6-7-20(23)25-12-14/h2-7,12,15-16,19H,8-11H2,1H3,(H2,23,25)(H,24,28)(H,26,27)/t15-,16+,19+/m0/s1. The van der Waals surface area contributed by atoms with E-state index in [1.165, 1.54) is 19.2 Å². The second-order valence-electron chi connectivity index (χ2n) is 7.15. The van der Waals surface area contributed by atoms with Crippen LogP contribution in [0, 0.1) is 5.82 Å². The third kappa shape index (κ3) is 5.74. The van der Waals surface area contributed by atoms with Crippen molar-refractivity contribution in [2.75, 3.05) is 12.3 Å². The minimum absolute atomic E-state index is 0.118. The SMILES string of the molecule is CC(=O)N[C@H]1C[C@@H](CCNC(=O)c2ccc(N)nc2)O[C@@H](c2ccccc2F)C1. The van der Waals surface area contributed by atoms with Crippen molar-refractivity contribution in [1.82, 2.24) is 15.6 Å². The number of nitrogens with zero attached hydrogens (tertiary/aromatic N) is 1. The van der Waals surface area contributed by atoms with E-state index >= 15 is 0 Å². The lowest BCUT2D eigenvalue weighted by Crippen LogP contribution is -2.43. The smallest absolute Gasteiger partial charge is 0.252 e. The average molecular weight is 400 g/mol. The first-order valence-electron chi connectivity index (χ1n) is 9.59. The van der Waals surface area contributed by atoms with Crippen LogP contribution < -0.4 is 16.4 Å². The Bertz CT molecular complexity index is 859. The summed E-state index contributed by atoms with van der Waals surface area (Å²) in [7, 11) is 0. The molecular weight excluding hydrogens is 375 g/mol. The molecule has 1 aromatic carbocycles. The van der Waals surface area contributed by atoms with Gasteiger partial charge in [-0.3, -0.25) is 9.59 Å². The van der Waals surface area contributed by atoms with Crippen LogP contribution in [0.5, 0.6) is 0 Å². The number of aromatic nitrogens is 1. The zero-order valence-corrected chi connectivity index (χ0v) is 16.2. The minimum Gasteiger partial charge on any atom is -0.384 e. The Balaban J connectivity index is 1.61. The summed E-state index contributed by atoms with van der Waals surface area (Å²) in [5.74, 6) is -0.367. The molecule has 1 saturated heterocycles. The van der Waals surface area contributed by atoms with Gasteiger partial charge in [0, 0.05) is 31.3 Å². The molecule has 154 valence electrons. The van der Waals surface area contributed by atoms with Crippen molar-refractivity contribution in [3.63, 3.8) is 0 Å². The topological polar surface area (TPSA) is 106 Å². The largest absolute Gasteiger partial charge is 0.384 e. The first kappa shape index (κ1) is 20.7. The van der Waals surface area contributed by atoms with Gasteiger partial charge in [-0.1, -0.05) is 18.2 Å². The maximum atomic E-state index is 14.2. The zero-order valence-electron chi connectivity index (χ0n) is 16.2. The van der Waals surface area contributed by atoms with Gasteiger partial charge in [0.15, 0.2) is 0 Å². The molecule has 0 saturated carbocycles. The molecule has 1 fully saturated rings. The van der Waals surface area contributed by atoms with E-state index < -0.39 is 6.10 Å². The van der Waals surface area contributed by atoms with Gasteiger partial charge in [-0.25, -0.2) is 9.37 Å². The molecule has 2 heterocycles. The van der Waals surface area contributed by atoms with Crippen molar-refractivity contribution >= 4 is 17.6 Å². The Kier molecular flexibility index (Phi) is 6.77. The molecule has 1 aliphatic heterocycles. The number of rotatable bonds is 6. The number of ether oxygens (including phenoxy) is 1. The molecule has 3 atom stereocenters. The summed E-state index contributed by atoms with van der Waals surface area (Å²) in [5.41, 5.74) is 6.42. The lowest BCUT2D eigenvalue weighted by Gasteiger charge is -2.36. The van der Waals surface area contributed by atoms with Crippen LogP contribution in [-0.4, -0.2) is 35.5 Å². The van der Waals surface area contributed by atoms with Gasteiger partial charge in [-0.15, -0.1) is 0 Å². The number of nitrogens with one attached hydrogen (secondary N) is 2. The summed E-state index contributed by atoms with van der Waals surface area (Å²) < 4.78 is 20.3. The molecule has 2 amide bonds. The predicted octanol–water partition coefficient (Wildman–Crippen LogP) is 2.35. The second-order valence-corrected chi connectivity index (χ2v) is 7.15. The van der Waals surface area contributed by atoms with Gasteiger partial charge in [0.25, 0.3) is 5.91 Å². The molecule has 4 N–H and O–H groups in total. The third-order valence-corrected chi connectivity index (χ3v) is 4.86. The molecule has 0 unspecified atom stereocenters. The lowest BCUT2D eigenvalue weighted by atomic mass is 9.92. The van der Waals surface area contributed by atoms with Crippen molar-refractivity contribution < 1.29 is 18.7 Å². The zero-order chi connectivity index (χ0) is 20.8. The maximum absolute atomic E-state index is 14.2. The van der Waals surface area contributed by atoms with Crippen molar-refractivity contribution in [2.45, 2.75) is 44.4 Å². The fourth-order valence-corrected chi connectivity index (χ4v) is 3.53.